The van der Waals surface area contributed by atoms with Gasteiger partial charge in [0, 0.05) is 18.5 Å². The third-order valence-electron chi connectivity index (χ3n) is 2.85. The van der Waals surface area contributed by atoms with E-state index in [0.29, 0.717) is 23.7 Å². The molecule has 0 spiro atoms. The second-order valence-electron chi connectivity index (χ2n) is 4.47. The third kappa shape index (κ3) is 4.10. The predicted octanol–water partition coefficient (Wildman–Crippen LogP) is 2.60. The highest BCUT2D eigenvalue weighted by Crippen LogP contribution is 2.28. The first-order valence-corrected chi connectivity index (χ1v) is 6.87. The summed E-state index contributed by atoms with van der Waals surface area (Å²) in [6, 6.07) is 10.5. The lowest BCUT2D eigenvalue weighted by Crippen LogP contribution is -2.25. The largest absolute Gasteiger partial charge is 0.451 e. The zero-order valence-corrected chi connectivity index (χ0v) is 12.0. The number of nitrogens with two attached hydrogens (primary N) is 1. The van der Waals surface area contributed by atoms with Crippen molar-refractivity contribution in [2.75, 3.05) is 6.54 Å². The molecule has 2 rings (SSSR count). The van der Waals surface area contributed by atoms with Crippen molar-refractivity contribution in [2.45, 2.75) is 12.8 Å². The summed E-state index contributed by atoms with van der Waals surface area (Å²) < 4.78 is 5.50. The summed E-state index contributed by atoms with van der Waals surface area (Å²) in [5.74, 6) is 0.00732. The predicted molar refractivity (Wildman–Crippen MR) is 79.9 cm³/mol. The van der Waals surface area contributed by atoms with Gasteiger partial charge in [-0.3, -0.25) is 9.59 Å². The van der Waals surface area contributed by atoms with E-state index < -0.39 is 0 Å². The molecule has 0 aliphatic rings. The van der Waals surface area contributed by atoms with Gasteiger partial charge in [-0.1, -0.05) is 23.7 Å². The van der Waals surface area contributed by atoms with Gasteiger partial charge in [0.25, 0.3) is 5.91 Å². The Kier molecular flexibility index (Phi) is 5.00. The van der Waals surface area contributed by atoms with Crippen molar-refractivity contribution < 1.29 is 14.0 Å². The number of furan rings is 1. The molecule has 6 heteroatoms. The highest BCUT2D eigenvalue weighted by Gasteiger charge is 2.13. The molecule has 0 aliphatic heterocycles. The van der Waals surface area contributed by atoms with E-state index in [-0.39, 0.29) is 24.0 Å². The van der Waals surface area contributed by atoms with Crippen molar-refractivity contribution >= 4 is 23.4 Å². The summed E-state index contributed by atoms with van der Waals surface area (Å²) in [6.07, 6.45) is 0.739. The van der Waals surface area contributed by atoms with Crippen LogP contribution in [0.3, 0.4) is 0 Å². The van der Waals surface area contributed by atoms with Crippen LogP contribution in [-0.2, 0) is 4.79 Å². The van der Waals surface area contributed by atoms with Gasteiger partial charge < -0.3 is 15.5 Å². The van der Waals surface area contributed by atoms with E-state index >= 15 is 0 Å². The van der Waals surface area contributed by atoms with Crippen molar-refractivity contribution in [1.29, 1.82) is 0 Å². The van der Waals surface area contributed by atoms with Gasteiger partial charge >= 0.3 is 0 Å². The number of carbonyl (C=O) groups is 2. The average Bonchev–Trinajstić information content (AvgIpc) is 2.93. The normalized spacial score (nSPS) is 10.3. The molecule has 5 nitrogen and oxygen atoms in total. The first-order valence-electron chi connectivity index (χ1n) is 6.49. The maximum absolute atomic E-state index is 11.9. The molecule has 21 heavy (non-hydrogen) atoms. The van der Waals surface area contributed by atoms with Gasteiger partial charge in [-0.15, -0.1) is 0 Å². The molecule has 0 aliphatic carbocycles. The number of carbonyl (C=O) groups excluding carboxylic acids is 2. The molecule has 2 aromatic rings. The minimum atomic E-state index is -0.386. The van der Waals surface area contributed by atoms with Crippen LogP contribution in [0, 0.1) is 0 Å². The quantitative estimate of drug-likeness (QED) is 0.804. The van der Waals surface area contributed by atoms with E-state index in [0.717, 1.165) is 5.56 Å². The van der Waals surface area contributed by atoms with Gasteiger partial charge in [0.1, 0.15) is 5.76 Å². The summed E-state index contributed by atoms with van der Waals surface area (Å²) in [6.45, 7) is 0.365. The summed E-state index contributed by atoms with van der Waals surface area (Å²) in [4.78, 5) is 22.4. The fourth-order valence-electron chi connectivity index (χ4n) is 1.82. The number of hydrogen-bond acceptors (Lipinski definition) is 3. The molecule has 0 atom stereocenters. The van der Waals surface area contributed by atoms with Crippen LogP contribution in [-0.4, -0.2) is 18.4 Å². The molecule has 0 unspecified atom stereocenters. The van der Waals surface area contributed by atoms with E-state index in [1.165, 1.54) is 0 Å². The Hall–Kier alpha value is -2.27. The lowest BCUT2D eigenvalue weighted by Gasteiger charge is -2.02. The molecule has 2 amide bonds. The van der Waals surface area contributed by atoms with Crippen molar-refractivity contribution in [3.05, 3.63) is 47.2 Å². The fraction of sp³-hybridized carbons (Fsp3) is 0.200. The highest BCUT2D eigenvalue weighted by atomic mass is 35.5. The Bertz CT molecular complexity index is 652. The van der Waals surface area contributed by atoms with E-state index in [1.807, 2.05) is 18.2 Å². The summed E-state index contributed by atoms with van der Waals surface area (Å²) >= 11 is 6.08. The number of amides is 2. The lowest BCUT2D eigenvalue weighted by atomic mass is 10.2. The second kappa shape index (κ2) is 6.95. The minimum absolute atomic E-state index is 0.198. The molecular formula is C15H15ClN2O3. The van der Waals surface area contributed by atoms with Gasteiger partial charge in [-0.05, 0) is 30.7 Å². The topological polar surface area (TPSA) is 85.3 Å². The van der Waals surface area contributed by atoms with Crippen LogP contribution in [0.4, 0.5) is 0 Å². The van der Waals surface area contributed by atoms with Crippen LogP contribution in [0.15, 0.2) is 40.8 Å². The van der Waals surface area contributed by atoms with Crippen LogP contribution in [0.1, 0.15) is 23.4 Å². The zero-order chi connectivity index (χ0) is 15.2. The molecule has 0 bridgehead atoms. The monoisotopic (exact) mass is 306 g/mol. The molecule has 0 saturated heterocycles. The summed E-state index contributed by atoms with van der Waals surface area (Å²) in [5.41, 5.74) is 5.75. The van der Waals surface area contributed by atoms with E-state index in [4.69, 9.17) is 21.8 Å². The Morgan fingerprint density at radius 1 is 1.19 bits per heavy atom. The lowest BCUT2D eigenvalue weighted by molar-refractivity contribution is -0.118. The third-order valence-corrected chi connectivity index (χ3v) is 3.18. The SMILES string of the molecule is NC(=O)CCCNC(=O)c1ccc(-c2ccccc2Cl)o1. The maximum atomic E-state index is 11.9. The van der Waals surface area contributed by atoms with Gasteiger partial charge in [0.05, 0.1) is 5.02 Å². The first-order chi connectivity index (χ1) is 10.1. The Labute approximate surface area is 127 Å². The van der Waals surface area contributed by atoms with Crippen molar-refractivity contribution in [1.82, 2.24) is 5.32 Å². The summed E-state index contributed by atoms with van der Waals surface area (Å²) in [7, 11) is 0. The van der Waals surface area contributed by atoms with Gasteiger partial charge in [0.2, 0.25) is 5.91 Å². The zero-order valence-electron chi connectivity index (χ0n) is 11.3. The standard InChI is InChI=1S/C15H15ClN2O3/c16-11-5-2-1-4-10(11)12-7-8-13(21-12)15(20)18-9-3-6-14(17)19/h1-2,4-5,7-8H,3,6,9H2,(H2,17,19)(H,18,20). The van der Waals surface area contributed by atoms with Crippen LogP contribution < -0.4 is 11.1 Å². The minimum Gasteiger partial charge on any atom is -0.451 e. The van der Waals surface area contributed by atoms with Crippen LogP contribution in [0.5, 0.6) is 0 Å². The molecule has 1 aromatic heterocycles. The smallest absolute Gasteiger partial charge is 0.287 e. The number of primary amides is 1. The number of rotatable bonds is 6. The fourth-order valence-corrected chi connectivity index (χ4v) is 2.05. The molecule has 110 valence electrons. The second-order valence-corrected chi connectivity index (χ2v) is 4.88. The Balaban J connectivity index is 1.98. The molecule has 0 radical (unpaired) electrons. The molecule has 1 aromatic carbocycles. The Morgan fingerprint density at radius 3 is 2.67 bits per heavy atom. The molecular weight excluding hydrogens is 292 g/mol. The van der Waals surface area contributed by atoms with Crippen LogP contribution in [0.25, 0.3) is 11.3 Å². The maximum Gasteiger partial charge on any atom is 0.287 e. The Morgan fingerprint density at radius 2 is 1.95 bits per heavy atom. The number of hydrogen-bond donors (Lipinski definition) is 2. The van der Waals surface area contributed by atoms with Crippen LogP contribution >= 0.6 is 11.6 Å². The summed E-state index contributed by atoms with van der Waals surface area (Å²) in [5, 5.41) is 3.22. The molecule has 0 saturated carbocycles. The van der Waals surface area contributed by atoms with Crippen molar-refractivity contribution in [3.63, 3.8) is 0 Å². The number of halogens is 1. The number of nitrogens with one attached hydrogen (secondary N) is 1. The van der Waals surface area contributed by atoms with Crippen LogP contribution in [0.2, 0.25) is 5.02 Å². The van der Waals surface area contributed by atoms with Gasteiger partial charge in [0.15, 0.2) is 5.76 Å². The van der Waals surface area contributed by atoms with Gasteiger partial charge in [-0.25, -0.2) is 0 Å². The first kappa shape index (κ1) is 15.1. The van der Waals surface area contributed by atoms with E-state index in [9.17, 15) is 9.59 Å². The van der Waals surface area contributed by atoms with Gasteiger partial charge in [-0.2, -0.15) is 0 Å². The molecule has 0 fully saturated rings. The van der Waals surface area contributed by atoms with Crippen molar-refractivity contribution in [2.24, 2.45) is 5.73 Å². The number of benzene rings is 1. The van der Waals surface area contributed by atoms with E-state index in [2.05, 4.69) is 5.32 Å². The van der Waals surface area contributed by atoms with Crippen molar-refractivity contribution in [3.8, 4) is 11.3 Å². The molecule has 1 heterocycles. The van der Waals surface area contributed by atoms with E-state index in [1.54, 1.807) is 18.2 Å². The average molecular weight is 307 g/mol. The highest BCUT2D eigenvalue weighted by molar-refractivity contribution is 6.33. The molecule has 3 N–H and O–H groups in total.